The molecule has 0 bridgehead atoms. The third-order valence-corrected chi connectivity index (χ3v) is 12.7. The lowest BCUT2D eigenvalue weighted by molar-refractivity contribution is 1.26. The molecule has 7 heterocycles. The first-order valence-corrected chi connectivity index (χ1v) is 18.1. The van der Waals surface area contributed by atoms with Crippen LogP contribution in [0, 0.1) is 0 Å². The summed E-state index contributed by atoms with van der Waals surface area (Å²) in [6, 6.07) is 54.8. The molecule has 0 fully saturated rings. The fraction of sp³-hybridized carbons (Fsp3) is 0. The van der Waals surface area contributed by atoms with Crippen molar-refractivity contribution in [3.8, 4) is 0 Å². The molecule has 8 aromatic carbocycles. The molecule has 0 radical (unpaired) electrons. The van der Waals surface area contributed by atoms with Gasteiger partial charge in [0.15, 0.2) is 0 Å². The molecule has 0 aliphatic carbocycles. The zero-order valence-corrected chi connectivity index (χ0v) is 27.6. The minimum atomic E-state index is 1.24. The Morgan fingerprint density at radius 2 is 0.538 bits per heavy atom. The lowest BCUT2D eigenvalue weighted by Crippen LogP contribution is -1.97. The van der Waals surface area contributed by atoms with Gasteiger partial charge in [-0.2, -0.15) is 0 Å². The van der Waals surface area contributed by atoms with Crippen LogP contribution in [0.25, 0.3) is 131 Å². The fourth-order valence-corrected chi connectivity index (χ4v) is 10.9. The number of benzene rings is 8. The first-order valence-electron chi connectivity index (χ1n) is 18.1. The van der Waals surface area contributed by atoms with Crippen LogP contribution in [0.5, 0.6) is 0 Å². The molecule has 0 saturated carbocycles. The Balaban J connectivity index is 1.24. The third kappa shape index (κ3) is 2.42. The maximum atomic E-state index is 2.60. The van der Waals surface area contributed by atoms with Gasteiger partial charge in [-0.3, -0.25) is 0 Å². The smallest absolute Gasteiger partial charge is 0.0783 e. The number of aromatic nitrogens is 4. The monoisotopic (exact) mass is 656 g/mol. The van der Waals surface area contributed by atoms with Crippen molar-refractivity contribution in [2.24, 2.45) is 0 Å². The molecule has 15 aromatic rings. The zero-order valence-electron chi connectivity index (χ0n) is 27.6. The van der Waals surface area contributed by atoms with Gasteiger partial charge < -0.3 is 17.6 Å². The van der Waals surface area contributed by atoms with E-state index in [-0.39, 0.29) is 0 Å². The van der Waals surface area contributed by atoms with Crippen LogP contribution in [-0.2, 0) is 0 Å². The van der Waals surface area contributed by atoms with E-state index in [1.807, 2.05) is 0 Å². The number of hydrogen-bond donors (Lipinski definition) is 0. The molecule has 0 unspecified atom stereocenters. The summed E-state index contributed by atoms with van der Waals surface area (Å²) in [7, 11) is 0. The third-order valence-electron chi connectivity index (χ3n) is 12.7. The summed E-state index contributed by atoms with van der Waals surface area (Å²) in [4.78, 5) is 0. The van der Waals surface area contributed by atoms with Gasteiger partial charge in [0.2, 0.25) is 0 Å². The molecule has 7 aromatic heterocycles. The van der Waals surface area contributed by atoms with Crippen LogP contribution in [0.3, 0.4) is 0 Å². The van der Waals surface area contributed by atoms with E-state index in [2.05, 4.69) is 163 Å². The Morgan fingerprint density at radius 3 is 1.02 bits per heavy atom. The molecule has 0 N–H and O–H groups in total. The summed E-state index contributed by atoms with van der Waals surface area (Å²) in [5, 5.41) is 15.7. The SMILES string of the molecule is c1ccc2c(c1)c1cccc3c4c(ccc5c6cccc7c6n(c6cccc8c9ccc%10c(c%11cccc%12c%13ccccc%13n%10c%12%11)c9n7c86)c54)n2c13. The Bertz CT molecular complexity index is 3820. The summed E-state index contributed by atoms with van der Waals surface area (Å²) >= 11 is 0. The lowest BCUT2D eigenvalue weighted by atomic mass is 10.0. The Kier molecular flexibility index (Phi) is 3.83. The quantitative estimate of drug-likeness (QED) is 0.145. The summed E-state index contributed by atoms with van der Waals surface area (Å²) in [5.74, 6) is 0. The van der Waals surface area contributed by atoms with Gasteiger partial charge in [0.05, 0.1) is 66.2 Å². The molecule has 0 saturated heterocycles. The topological polar surface area (TPSA) is 17.6 Å². The van der Waals surface area contributed by atoms with Crippen molar-refractivity contribution >= 4 is 131 Å². The van der Waals surface area contributed by atoms with E-state index >= 15 is 0 Å². The van der Waals surface area contributed by atoms with E-state index in [4.69, 9.17) is 0 Å². The Hall–Kier alpha value is -7.04. The molecular formula is C48H24N4. The second-order valence-electron chi connectivity index (χ2n) is 14.8. The van der Waals surface area contributed by atoms with Crippen molar-refractivity contribution in [2.45, 2.75) is 0 Å². The van der Waals surface area contributed by atoms with Crippen molar-refractivity contribution in [3.05, 3.63) is 146 Å². The molecule has 0 aliphatic rings. The van der Waals surface area contributed by atoms with E-state index < -0.39 is 0 Å². The Labute approximate surface area is 293 Å². The maximum absolute atomic E-state index is 2.60. The molecule has 0 atom stereocenters. The molecule has 0 aliphatic heterocycles. The number of rotatable bonds is 0. The van der Waals surface area contributed by atoms with Crippen LogP contribution in [-0.4, -0.2) is 17.6 Å². The molecule has 0 amide bonds. The summed E-state index contributed by atoms with van der Waals surface area (Å²) < 4.78 is 10.2. The van der Waals surface area contributed by atoms with Gasteiger partial charge in [-0.25, -0.2) is 0 Å². The van der Waals surface area contributed by atoms with Gasteiger partial charge in [0, 0.05) is 64.6 Å². The van der Waals surface area contributed by atoms with E-state index in [0.29, 0.717) is 0 Å². The van der Waals surface area contributed by atoms with Crippen LogP contribution < -0.4 is 0 Å². The van der Waals surface area contributed by atoms with Crippen molar-refractivity contribution in [2.75, 3.05) is 0 Å². The second kappa shape index (κ2) is 7.96. The van der Waals surface area contributed by atoms with E-state index in [9.17, 15) is 0 Å². The summed E-state index contributed by atoms with van der Waals surface area (Å²) in [6.07, 6.45) is 0. The van der Waals surface area contributed by atoms with Gasteiger partial charge in [-0.15, -0.1) is 0 Å². The minimum Gasteiger partial charge on any atom is -0.308 e. The highest BCUT2D eigenvalue weighted by Gasteiger charge is 2.27. The maximum Gasteiger partial charge on any atom is 0.0783 e. The average molecular weight is 657 g/mol. The number of hydrogen-bond acceptors (Lipinski definition) is 0. The predicted octanol–water partition coefficient (Wildman–Crippen LogP) is 12.5. The highest BCUT2D eigenvalue weighted by molar-refractivity contribution is 6.35. The highest BCUT2D eigenvalue weighted by Crippen LogP contribution is 2.49. The molecule has 52 heavy (non-hydrogen) atoms. The van der Waals surface area contributed by atoms with Gasteiger partial charge >= 0.3 is 0 Å². The molecule has 4 heteroatoms. The number of nitrogens with zero attached hydrogens (tertiary/aromatic N) is 4. The van der Waals surface area contributed by atoms with Crippen LogP contribution in [0.1, 0.15) is 0 Å². The molecule has 15 rings (SSSR count). The van der Waals surface area contributed by atoms with Gasteiger partial charge in [-0.1, -0.05) is 109 Å². The molecular weight excluding hydrogens is 633 g/mol. The zero-order chi connectivity index (χ0) is 33.1. The highest BCUT2D eigenvalue weighted by atomic mass is 15.0. The number of fused-ring (bicyclic) bond motifs is 22. The second-order valence-corrected chi connectivity index (χ2v) is 14.8. The first-order chi connectivity index (χ1) is 25.9. The van der Waals surface area contributed by atoms with Gasteiger partial charge in [0.25, 0.3) is 0 Å². The van der Waals surface area contributed by atoms with Crippen molar-refractivity contribution < 1.29 is 0 Å². The van der Waals surface area contributed by atoms with Gasteiger partial charge in [0.1, 0.15) is 0 Å². The van der Waals surface area contributed by atoms with Crippen molar-refractivity contribution in [1.29, 1.82) is 0 Å². The van der Waals surface area contributed by atoms with Gasteiger partial charge in [-0.05, 0) is 36.4 Å². The van der Waals surface area contributed by atoms with Crippen LogP contribution >= 0.6 is 0 Å². The largest absolute Gasteiger partial charge is 0.308 e. The van der Waals surface area contributed by atoms with E-state index in [0.717, 1.165) is 0 Å². The van der Waals surface area contributed by atoms with E-state index in [1.165, 1.54) is 131 Å². The average Bonchev–Trinajstić information content (AvgIpc) is 4.03. The van der Waals surface area contributed by atoms with Crippen LogP contribution in [0.15, 0.2) is 146 Å². The summed E-state index contributed by atoms with van der Waals surface area (Å²) in [6.45, 7) is 0. The van der Waals surface area contributed by atoms with Crippen molar-refractivity contribution in [1.82, 2.24) is 17.6 Å². The number of para-hydroxylation sites is 6. The molecule has 0 spiro atoms. The Morgan fingerprint density at radius 1 is 0.192 bits per heavy atom. The standard InChI is InChI=1S/C48H24N4/c1-3-17-35-25(9-1)27-11-5-15-33-41-37(49(35)43(27)33)23-21-31-29-13-7-20-40-45(29)51(47(31)41)39-19-8-14-30-32-22-24-38-42(48(32)52(40)46(30)39)34-16-6-12-28-26-10-2-4-18-36(26)50(38)44(28)34/h1-24H. The minimum absolute atomic E-state index is 1.24. The lowest BCUT2D eigenvalue weighted by Gasteiger charge is -2.12. The van der Waals surface area contributed by atoms with E-state index in [1.54, 1.807) is 0 Å². The van der Waals surface area contributed by atoms with Crippen molar-refractivity contribution in [3.63, 3.8) is 0 Å². The summed E-state index contributed by atoms with van der Waals surface area (Å²) in [5.41, 5.74) is 15.3. The normalized spacial score (nSPS) is 13.4. The fourth-order valence-electron chi connectivity index (χ4n) is 10.9. The first kappa shape index (κ1) is 25.0. The predicted molar refractivity (Wildman–Crippen MR) is 219 cm³/mol. The van der Waals surface area contributed by atoms with Crippen LogP contribution in [0.4, 0.5) is 0 Å². The molecule has 4 nitrogen and oxygen atoms in total. The van der Waals surface area contributed by atoms with Crippen LogP contribution in [0.2, 0.25) is 0 Å². The molecule has 236 valence electrons.